The first-order chi connectivity index (χ1) is 20.6. The average Bonchev–Trinajstić information content (AvgIpc) is 2.94. The van der Waals surface area contributed by atoms with Crippen molar-refractivity contribution in [2.24, 2.45) is 22.4 Å². The van der Waals surface area contributed by atoms with Gasteiger partial charge in [-0.1, -0.05) is 12.1 Å². The summed E-state index contributed by atoms with van der Waals surface area (Å²) in [4.78, 5) is 55.4. The maximum absolute atomic E-state index is 13.9. The molecular weight excluding hydrogens is 558 g/mol. The number of carbonyl (C=O) groups is 4. The Morgan fingerprint density at radius 3 is 2.56 bits per heavy atom. The van der Waals surface area contributed by atoms with Gasteiger partial charge in [0.15, 0.2) is 23.2 Å². The van der Waals surface area contributed by atoms with E-state index in [0.717, 1.165) is 0 Å². The van der Waals surface area contributed by atoms with Gasteiger partial charge in [-0.15, -0.1) is 0 Å². The van der Waals surface area contributed by atoms with Gasteiger partial charge in [0.1, 0.15) is 11.5 Å². The highest BCUT2D eigenvalue weighted by Crippen LogP contribution is 2.39. The third kappa shape index (κ3) is 6.58. The molecule has 0 saturated heterocycles. The van der Waals surface area contributed by atoms with Crippen LogP contribution in [-0.2, 0) is 28.9 Å². The van der Waals surface area contributed by atoms with Crippen LogP contribution < -0.4 is 25.7 Å². The molecule has 3 aromatic carbocycles. The molecule has 0 radical (unpaired) electrons. The number of carbonyl (C=O) groups excluding carboxylic acids is 3. The largest absolute Gasteiger partial charge is 0.508 e. The fraction of sp³-hybridized carbons (Fsp3) is 0.258. The van der Waals surface area contributed by atoms with Gasteiger partial charge >= 0.3 is 17.9 Å². The summed E-state index contributed by atoms with van der Waals surface area (Å²) < 4.78 is 17.2. The number of phenolic OH excluding ortho intramolecular Hbond substituents is 1. The van der Waals surface area contributed by atoms with Crippen molar-refractivity contribution < 1.29 is 43.6 Å². The maximum Gasteiger partial charge on any atom is 0.343 e. The zero-order valence-electron chi connectivity index (χ0n) is 23.0. The second-order valence-corrected chi connectivity index (χ2v) is 10.3. The highest BCUT2D eigenvalue weighted by atomic mass is 16.6. The van der Waals surface area contributed by atoms with Crippen LogP contribution in [0.2, 0.25) is 0 Å². The number of aryl methyl sites for hydroxylation is 2. The Morgan fingerprint density at radius 2 is 1.79 bits per heavy atom. The molecule has 2 aliphatic heterocycles. The minimum Gasteiger partial charge on any atom is -0.508 e. The van der Waals surface area contributed by atoms with Crippen molar-refractivity contribution in [3.8, 4) is 23.0 Å². The van der Waals surface area contributed by atoms with Crippen LogP contribution in [0.1, 0.15) is 56.7 Å². The molecular formula is C31H29N3O9. The number of carboxylic acids is 1. The predicted octanol–water partition coefficient (Wildman–Crippen LogP) is 3.21. The first-order valence-electron chi connectivity index (χ1n) is 13.6. The van der Waals surface area contributed by atoms with E-state index in [1.807, 2.05) is 0 Å². The van der Waals surface area contributed by atoms with Crippen LogP contribution in [0.3, 0.4) is 0 Å². The van der Waals surface area contributed by atoms with Crippen molar-refractivity contribution in [2.75, 3.05) is 6.61 Å². The second kappa shape index (κ2) is 12.2. The minimum absolute atomic E-state index is 0.00855. The number of esters is 2. The number of ether oxygens (including phenoxy) is 3. The summed E-state index contributed by atoms with van der Waals surface area (Å²) in [6, 6.07) is 12.2. The van der Waals surface area contributed by atoms with E-state index in [2.05, 4.69) is 4.99 Å². The first kappa shape index (κ1) is 29.1. The van der Waals surface area contributed by atoms with E-state index in [1.54, 1.807) is 24.3 Å². The van der Waals surface area contributed by atoms with Crippen LogP contribution in [0, 0.1) is 5.92 Å². The molecule has 43 heavy (non-hydrogen) atoms. The Balaban J connectivity index is 1.49. The monoisotopic (exact) mass is 587 g/mol. The van der Waals surface area contributed by atoms with Crippen LogP contribution >= 0.6 is 0 Å². The summed E-state index contributed by atoms with van der Waals surface area (Å²) in [5.74, 6) is -3.65. The van der Waals surface area contributed by atoms with Crippen molar-refractivity contribution in [1.82, 2.24) is 0 Å². The van der Waals surface area contributed by atoms with Crippen LogP contribution in [-0.4, -0.2) is 46.5 Å². The summed E-state index contributed by atoms with van der Waals surface area (Å²) in [5.41, 5.74) is 13.5. The van der Waals surface area contributed by atoms with E-state index in [9.17, 15) is 29.4 Å². The van der Waals surface area contributed by atoms with Crippen LogP contribution in [0.5, 0.6) is 23.0 Å². The lowest BCUT2D eigenvalue weighted by atomic mass is 9.87. The summed E-state index contributed by atoms with van der Waals surface area (Å²) in [7, 11) is 0. The van der Waals surface area contributed by atoms with E-state index in [0.29, 0.717) is 40.8 Å². The molecule has 5 rings (SSSR count). The number of benzene rings is 3. The number of ketones is 1. The van der Waals surface area contributed by atoms with Gasteiger partial charge in [-0.3, -0.25) is 14.4 Å². The highest BCUT2D eigenvalue weighted by molar-refractivity contribution is 6.03. The molecule has 0 amide bonds. The average molecular weight is 588 g/mol. The van der Waals surface area contributed by atoms with Crippen molar-refractivity contribution in [3.05, 3.63) is 76.3 Å². The lowest BCUT2D eigenvalue weighted by Crippen LogP contribution is -2.30. The number of aliphatic imine (C=N–C) groups is 1. The summed E-state index contributed by atoms with van der Waals surface area (Å²) >= 11 is 0. The normalized spacial score (nSPS) is 15.9. The molecule has 1 atom stereocenters. The van der Waals surface area contributed by atoms with Gasteiger partial charge < -0.3 is 35.9 Å². The summed E-state index contributed by atoms with van der Waals surface area (Å²) in [6.07, 6.45) is 0.563. The van der Waals surface area contributed by atoms with Gasteiger partial charge in [-0.25, -0.2) is 9.79 Å². The molecule has 3 aromatic rings. The molecule has 2 heterocycles. The number of Topliss-reactive ketones (excluding diaryl/α,β-unsaturated/α-hetero) is 1. The third-order valence-corrected chi connectivity index (χ3v) is 7.19. The van der Waals surface area contributed by atoms with E-state index in [4.69, 9.17) is 25.7 Å². The Morgan fingerprint density at radius 1 is 0.977 bits per heavy atom. The van der Waals surface area contributed by atoms with Crippen LogP contribution in [0.15, 0.2) is 53.5 Å². The second-order valence-electron chi connectivity index (χ2n) is 10.3. The maximum atomic E-state index is 13.9. The third-order valence-electron chi connectivity index (χ3n) is 7.19. The van der Waals surface area contributed by atoms with Crippen LogP contribution in [0.4, 0.5) is 5.69 Å². The summed E-state index contributed by atoms with van der Waals surface area (Å²) in [6.45, 7) is 0.140. The Labute approximate surface area is 245 Å². The number of aliphatic carboxylic acids is 1. The number of guanidine groups is 1. The van der Waals surface area contributed by atoms with Gasteiger partial charge in [0, 0.05) is 18.9 Å². The van der Waals surface area contributed by atoms with Crippen molar-refractivity contribution in [3.63, 3.8) is 0 Å². The molecule has 6 N–H and O–H groups in total. The number of rotatable bonds is 7. The van der Waals surface area contributed by atoms with Gasteiger partial charge in [0.05, 0.1) is 29.3 Å². The molecule has 0 bridgehead atoms. The van der Waals surface area contributed by atoms with Crippen molar-refractivity contribution >= 4 is 35.3 Å². The number of aromatic hydroxyl groups is 1. The Kier molecular flexibility index (Phi) is 8.28. The molecule has 0 unspecified atom stereocenters. The Hall–Kier alpha value is -5.39. The zero-order valence-corrected chi connectivity index (χ0v) is 23.0. The fourth-order valence-corrected chi connectivity index (χ4v) is 5.21. The van der Waals surface area contributed by atoms with Crippen LogP contribution in [0.25, 0.3) is 0 Å². The lowest BCUT2D eigenvalue weighted by Gasteiger charge is -2.24. The number of hydrogen-bond donors (Lipinski definition) is 4. The molecule has 2 aliphatic rings. The number of hydrogen-bond acceptors (Lipinski definition) is 9. The summed E-state index contributed by atoms with van der Waals surface area (Å²) in [5, 5.41) is 19.0. The molecule has 12 nitrogen and oxygen atoms in total. The van der Waals surface area contributed by atoms with E-state index in [-0.39, 0.29) is 66.8 Å². The first-order valence-corrected chi connectivity index (χ1v) is 13.6. The fourth-order valence-electron chi connectivity index (χ4n) is 5.21. The number of fused-ring (bicyclic) bond motifs is 3. The van der Waals surface area contributed by atoms with E-state index < -0.39 is 29.6 Å². The number of phenols is 1. The highest BCUT2D eigenvalue weighted by Gasteiger charge is 2.33. The number of nitrogens with zero attached hydrogens (tertiary/aromatic N) is 1. The zero-order chi connectivity index (χ0) is 30.7. The predicted molar refractivity (Wildman–Crippen MR) is 153 cm³/mol. The Bertz CT molecular complexity index is 1660. The quantitative estimate of drug-likeness (QED) is 0.104. The molecule has 0 aliphatic carbocycles. The standard InChI is InChI=1S/C31H29N3O9/c32-31(33)34-20-6-8-22-17(13-20)2-1-11-41-28-24(42-30(22)40)9-4-16(5-10-26(37)38)27(28)23(36)14-19-12-18-3-7-21(35)15-25(18)43-29(19)39/h3-4,6-9,13,15,19,35H,1-2,5,10-12,14H2,(H,37,38)(H4,32,33,34)/t19-/m1/s1. The van der Waals surface area contributed by atoms with Crippen molar-refractivity contribution in [2.45, 2.75) is 38.5 Å². The van der Waals surface area contributed by atoms with Gasteiger partial charge in [0.25, 0.3) is 0 Å². The SMILES string of the molecule is NC(N)=Nc1ccc2c(c1)CCCOc1c(ccc(CCC(=O)O)c1C(=O)C[C@H]1Cc3ccc(O)cc3OC1=O)OC2=O. The molecule has 222 valence electrons. The molecule has 0 spiro atoms. The van der Waals surface area contributed by atoms with Gasteiger partial charge in [0.2, 0.25) is 0 Å². The van der Waals surface area contributed by atoms with Gasteiger partial charge in [-0.05, 0) is 72.7 Å². The minimum atomic E-state index is -1.06. The molecule has 0 fully saturated rings. The number of nitrogens with two attached hydrogens (primary N) is 2. The molecule has 0 aromatic heterocycles. The number of carboxylic acid groups (broad SMARTS) is 1. The lowest BCUT2D eigenvalue weighted by molar-refractivity contribution is -0.140. The topological polar surface area (TPSA) is 201 Å². The molecule has 0 saturated carbocycles. The van der Waals surface area contributed by atoms with Gasteiger partial charge in [-0.2, -0.15) is 0 Å². The van der Waals surface area contributed by atoms with E-state index >= 15 is 0 Å². The van der Waals surface area contributed by atoms with E-state index in [1.165, 1.54) is 24.3 Å². The smallest absolute Gasteiger partial charge is 0.343 e. The van der Waals surface area contributed by atoms with Crippen molar-refractivity contribution in [1.29, 1.82) is 0 Å². The molecule has 12 heteroatoms.